The number of nitro groups is 1. The van der Waals surface area contributed by atoms with Gasteiger partial charge in [-0.15, -0.1) is 0 Å². The number of anilines is 2. The van der Waals surface area contributed by atoms with Gasteiger partial charge in [0, 0.05) is 19.0 Å². The summed E-state index contributed by atoms with van der Waals surface area (Å²) < 4.78 is 0. The van der Waals surface area contributed by atoms with Gasteiger partial charge in [-0.25, -0.2) is 0 Å². The third kappa shape index (κ3) is 3.26. The Morgan fingerprint density at radius 2 is 2.05 bits per heavy atom. The molecule has 20 heavy (non-hydrogen) atoms. The summed E-state index contributed by atoms with van der Waals surface area (Å²) in [7, 11) is 0. The first-order valence-electron chi connectivity index (χ1n) is 6.61. The first kappa shape index (κ1) is 14.3. The van der Waals surface area contributed by atoms with E-state index in [1.807, 2.05) is 0 Å². The Morgan fingerprint density at radius 3 is 2.65 bits per heavy atom. The fourth-order valence-corrected chi connectivity index (χ4v) is 2.07. The fraction of sp³-hybridized carbons (Fsp3) is 0.500. The van der Waals surface area contributed by atoms with Gasteiger partial charge in [-0.05, 0) is 23.5 Å². The molecule has 108 valence electrons. The van der Waals surface area contributed by atoms with Gasteiger partial charge in [0.15, 0.2) is 0 Å². The number of carbonyl (C=O) groups excluding carboxylic acids is 1. The second-order valence-corrected chi connectivity index (χ2v) is 6.25. The van der Waals surface area contributed by atoms with Gasteiger partial charge in [0.05, 0.1) is 10.6 Å². The highest BCUT2D eigenvalue weighted by molar-refractivity contribution is 5.95. The van der Waals surface area contributed by atoms with E-state index in [-0.39, 0.29) is 17.0 Å². The molecule has 0 spiro atoms. The highest BCUT2D eigenvalue weighted by Crippen LogP contribution is 2.34. The standard InChI is InChI=1S/C14H19N3O3/c1-14(2,3)8-15-11-6-9-4-5-13(18)16-10(9)7-12(11)17(19)20/h6-7,15H,4-5,8H2,1-3H3,(H,16,18). The van der Waals surface area contributed by atoms with Crippen LogP contribution in [-0.4, -0.2) is 17.4 Å². The molecule has 6 nitrogen and oxygen atoms in total. The average Bonchev–Trinajstić information content (AvgIpc) is 2.34. The quantitative estimate of drug-likeness (QED) is 0.657. The van der Waals surface area contributed by atoms with E-state index in [1.54, 1.807) is 6.07 Å². The lowest BCUT2D eigenvalue weighted by atomic mass is 9.96. The van der Waals surface area contributed by atoms with Crippen molar-refractivity contribution in [1.29, 1.82) is 0 Å². The third-order valence-corrected chi connectivity index (χ3v) is 3.12. The number of nitrogens with one attached hydrogen (secondary N) is 2. The highest BCUT2D eigenvalue weighted by Gasteiger charge is 2.23. The number of hydrogen-bond donors (Lipinski definition) is 2. The van der Waals surface area contributed by atoms with Gasteiger partial charge in [0.2, 0.25) is 5.91 Å². The summed E-state index contributed by atoms with van der Waals surface area (Å²) in [5, 5.41) is 17.0. The number of nitrogens with zero attached hydrogens (tertiary/aromatic N) is 1. The minimum atomic E-state index is -0.425. The molecule has 1 aliphatic heterocycles. The first-order chi connectivity index (χ1) is 9.26. The number of benzene rings is 1. The van der Waals surface area contributed by atoms with Crippen LogP contribution in [0, 0.1) is 15.5 Å². The second-order valence-electron chi connectivity index (χ2n) is 6.25. The number of hydrogen-bond acceptors (Lipinski definition) is 4. The number of aryl methyl sites for hydroxylation is 1. The molecule has 6 heteroatoms. The monoisotopic (exact) mass is 277 g/mol. The zero-order chi connectivity index (χ0) is 14.9. The van der Waals surface area contributed by atoms with Gasteiger partial charge in [-0.2, -0.15) is 0 Å². The van der Waals surface area contributed by atoms with Crippen LogP contribution in [0.3, 0.4) is 0 Å². The Balaban J connectivity index is 2.35. The zero-order valence-corrected chi connectivity index (χ0v) is 11.9. The van der Waals surface area contributed by atoms with Gasteiger partial charge >= 0.3 is 0 Å². The maximum Gasteiger partial charge on any atom is 0.294 e. The zero-order valence-electron chi connectivity index (χ0n) is 11.9. The molecule has 0 saturated heterocycles. The van der Waals surface area contributed by atoms with Gasteiger partial charge in [0.25, 0.3) is 5.69 Å². The Bertz CT molecular complexity index is 562. The molecule has 0 saturated carbocycles. The largest absolute Gasteiger partial charge is 0.379 e. The van der Waals surface area contributed by atoms with Crippen LogP contribution in [0.1, 0.15) is 32.8 Å². The number of amides is 1. The molecular weight excluding hydrogens is 258 g/mol. The average molecular weight is 277 g/mol. The van der Waals surface area contributed by atoms with E-state index in [4.69, 9.17) is 0 Å². The Labute approximate surface area is 117 Å². The van der Waals surface area contributed by atoms with Gasteiger partial charge in [0.1, 0.15) is 5.69 Å². The van der Waals surface area contributed by atoms with E-state index in [0.717, 1.165) is 5.56 Å². The summed E-state index contributed by atoms with van der Waals surface area (Å²) in [6.45, 7) is 6.82. The van der Waals surface area contributed by atoms with Crippen LogP contribution < -0.4 is 10.6 Å². The third-order valence-electron chi connectivity index (χ3n) is 3.12. The van der Waals surface area contributed by atoms with Crippen LogP contribution in [0.5, 0.6) is 0 Å². The van der Waals surface area contributed by atoms with Crippen molar-refractivity contribution in [2.45, 2.75) is 33.6 Å². The van der Waals surface area contributed by atoms with Crippen LogP contribution in [0.2, 0.25) is 0 Å². The smallest absolute Gasteiger partial charge is 0.294 e. The van der Waals surface area contributed by atoms with Crippen molar-refractivity contribution in [2.24, 2.45) is 5.41 Å². The van der Waals surface area contributed by atoms with Crippen molar-refractivity contribution in [3.63, 3.8) is 0 Å². The maximum atomic E-state index is 11.4. The summed E-state index contributed by atoms with van der Waals surface area (Å²) in [6, 6.07) is 3.22. The van der Waals surface area contributed by atoms with Crippen molar-refractivity contribution in [3.8, 4) is 0 Å². The molecule has 0 aliphatic carbocycles. The van der Waals surface area contributed by atoms with Gasteiger partial charge in [-0.1, -0.05) is 20.8 Å². The van der Waals surface area contributed by atoms with Crippen molar-refractivity contribution in [1.82, 2.24) is 0 Å². The molecule has 0 radical (unpaired) electrons. The van der Waals surface area contributed by atoms with Crippen molar-refractivity contribution >= 4 is 23.0 Å². The summed E-state index contributed by atoms with van der Waals surface area (Å²) in [4.78, 5) is 22.1. The Hall–Kier alpha value is -2.11. The summed E-state index contributed by atoms with van der Waals surface area (Å²) in [5.41, 5.74) is 2.02. The van der Waals surface area contributed by atoms with E-state index < -0.39 is 4.92 Å². The topological polar surface area (TPSA) is 84.3 Å². The molecule has 1 aliphatic rings. The predicted molar refractivity (Wildman–Crippen MR) is 78.0 cm³/mol. The lowest BCUT2D eigenvalue weighted by Crippen LogP contribution is -2.21. The number of fused-ring (bicyclic) bond motifs is 1. The molecule has 2 rings (SSSR count). The van der Waals surface area contributed by atoms with E-state index in [1.165, 1.54) is 6.07 Å². The maximum absolute atomic E-state index is 11.4. The lowest BCUT2D eigenvalue weighted by Gasteiger charge is -2.22. The van der Waals surface area contributed by atoms with Crippen molar-refractivity contribution in [3.05, 3.63) is 27.8 Å². The SMILES string of the molecule is CC(C)(C)CNc1cc2c(cc1[N+](=O)[O-])NC(=O)CC2. The van der Waals surface area contributed by atoms with E-state index in [2.05, 4.69) is 31.4 Å². The minimum Gasteiger partial charge on any atom is -0.379 e. The lowest BCUT2D eigenvalue weighted by molar-refractivity contribution is -0.383. The van der Waals surface area contributed by atoms with Crippen molar-refractivity contribution in [2.75, 3.05) is 17.2 Å². The van der Waals surface area contributed by atoms with E-state index in [0.29, 0.717) is 30.8 Å². The van der Waals surface area contributed by atoms with Gasteiger partial charge in [-0.3, -0.25) is 14.9 Å². The molecule has 0 aromatic heterocycles. The molecular formula is C14H19N3O3. The minimum absolute atomic E-state index is 0.00444. The fourth-order valence-electron chi connectivity index (χ4n) is 2.07. The van der Waals surface area contributed by atoms with Crippen LogP contribution >= 0.6 is 0 Å². The normalized spacial score (nSPS) is 14.4. The molecule has 1 heterocycles. The van der Waals surface area contributed by atoms with Crippen molar-refractivity contribution < 1.29 is 9.72 Å². The molecule has 0 atom stereocenters. The molecule has 1 aromatic carbocycles. The first-order valence-corrected chi connectivity index (χ1v) is 6.61. The highest BCUT2D eigenvalue weighted by atomic mass is 16.6. The van der Waals surface area contributed by atoms with Gasteiger partial charge < -0.3 is 10.6 Å². The van der Waals surface area contributed by atoms with E-state index >= 15 is 0 Å². The van der Waals surface area contributed by atoms with Crippen LogP contribution in [0.4, 0.5) is 17.1 Å². The molecule has 1 amide bonds. The van der Waals surface area contributed by atoms with E-state index in [9.17, 15) is 14.9 Å². The molecule has 2 N–H and O–H groups in total. The molecule has 0 bridgehead atoms. The number of nitro benzene ring substituents is 1. The molecule has 0 fully saturated rings. The Morgan fingerprint density at radius 1 is 1.35 bits per heavy atom. The summed E-state index contributed by atoms with van der Waals surface area (Å²) >= 11 is 0. The molecule has 0 unspecified atom stereocenters. The Kier molecular flexibility index (Phi) is 3.65. The summed E-state index contributed by atoms with van der Waals surface area (Å²) in [5.74, 6) is -0.0952. The predicted octanol–water partition coefficient (Wildman–Crippen LogP) is 2.94. The number of carbonyl (C=O) groups is 1. The summed E-state index contributed by atoms with van der Waals surface area (Å²) in [6.07, 6.45) is 1.03. The van der Waals surface area contributed by atoms with Crippen LogP contribution in [0.15, 0.2) is 12.1 Å². The second kappa shape index (κ2) is 5.11. The molecule has 1 aromatic rings. The van der Waals surface area contributed by atoms with Crippen LogP contribution in [-0.2, 0) is 11.2 Å². The van der Waals surface area contributed by atoms with Crippen LogP contribution in [0.25, 0.3) is 0 Å². The number of rotatable bonds is 3.